The number of piperidine rings is 1. The van der Waals surface area contributed by atoms with Crippen molar-refractivity contribution in [2.45, 2.75) is 32.2 Å². The topological polar surface area (TPSA) is 46.9 Å². The van der Waals surface area contributed by atoms with E-state index in [0.717, 1.165) is 36.2 Å². The Hall–Kier alpha value is -1.55. The van der Waals surface area contributed by atoms with Crippen LogP contribution >= 0.6 is 11.6 Å². The molecule has 1 atom stereocenters. The number of hydrogen-bond donors (Lipinski definition) is 1. The van der Waals surface area contributed by atoms with Crippen molar-refractivity contribution in [3.63, 3.8) is 0 Å². The molecule has 0 saturated carbocycles. The van der Waals surface area contributed by atoms with Crippen molar-refractivity contribution >= 4 is 28.5 Å². The average Bonchev–Trinajstić information content (AvgIpc) is 2.77. The molecule has 1 unspecified atom stereocenters. The van der Waals surface area contributed by atoms with Gasteiger partial charge in [-0.2, -0.15) is 0 Å². The first-order chi connectivity index (χ1) is 9.70. The number of carbonyl (C=O) groups excluding carboxylic acids is 1. The van der Waals surface area contributed by atoms with Crippen LogP contribution in [-0.2, 0) is 11.2 Å². The number of carbonyl (C=O) groups is 1. The molecule has 0 aliphatic carbocycles. The lowest BCUT2D eigenvalue weighted by Crippen LogP contribution is -2.38. The first-order valence-corrected chi connectivity index (χ1v) is 7.55. The molecule has 1 aliphatic heterocycles. The molecule has 2 heterocycles. The molecule has 20 heavy (non-hydrogen) atoms. The quantitative estimate of drug-likeness (QED) is 0.884. The predicted molar refractivity (Wildman–Crippen MR) is 80.2 cm³/mol. The SMILES string of the molecule is Cc1ccc2c(c1)nc(CCCl)n2C1CCCNC1=O. The molecule has 2 aromatic rings. The fourth-order valence-electron chi connectivity index (χ4n) is 2.87. The van der Waals surface area contributed by atoms with Gasteiger partial charge in [0, 0.05) is 18.8 Å². The monoisotopic (exact) mass is 291 g/mol. The molecule has 1 saturated heterocycles. The van der Waals surface area contributed by atoms with Crippen LogP contribution in [0.2, 0.25) is 0 Å². The van der Waals surface area contributed by atoms with E-state index in [9.17, 15) is 4.79 Å². The minimum absolute atomic E-state index is 0.0898. The van der Waals surface area contributed by atoms with Gasteiger partial charge in [0.2, 0.25) is 5.91 Å². The summed E-state index contributed by atoms with van der Waals surface area (Å²) in [6.45, 7) is 2.82. The number of rotatable bonds is 3. The van der Waals surface area contributed by atoms with Crippen LogP contribution in [0.15, 0.2) is 18.2 Å². The zero-order chi connectivity index (χ0) is 14.1. The van der Waals surface area contributed by atoms with Crippen molar-refractivity contribution in [2.75, 3.05) is 12.4 Å². The van der Waals surface area contributed by atoms with E-state index >= 15 is 0 Å². The van der Waals surface area contributed by atoms with Gasteiger partial charge in [0.05, 0.1) is 11.0 Å². The van der Waals surface area contributed by atoms with Crippen LogP contribution in [0.4, 0.5) is 0 Å². The maximum atomic E-state index is 12.2. The molecule has 1 N–H and O–H groups in total. The molecule has 0 bridgehead atoms. The number of nitrogens with zero attached hydrogens (tertiary/aromatic N) is 2. The Kier molecular flexibility index (Phi) is 3.66. The largest absolute Gasteiger partial charge is 0.354 e. The Labute approximate surface area is 123 Å². The lowest BCUT2D eigenvalue weighted by atomic mass is 10.1. The van der Waals surface area contributed by atoms with E-state index in [-0.39, 0.29) is 11.9 Å². The highest BCUT2D eigenvalue weighted by Gasteiger charge is 2.27. The van der Waals surface area contributed by atoms with Gasteiger partial charge in [-0.05, 0) is 37.5 Å². The zero-order valence-corrected chi connectivity index (χ0v) is 12.3. The van der Waals surface area contributed by atoms with Crippen LogP contribution in [-0.4, -0.2) is 27.9 Å². The van der Waals surface area contributed by atoms with Crippen LogP contribution in [0.5, 0.6) is 0 Å². The minimum atomic E-state index is -0.158. The number of halogens is 1. The Balaban J connectivity index is 2.15. The van der Waals surface area contributed by atoms with Crippen molar-refractivity contribution in [3.8, 4) is 0 Å². The predicted octanol–water partition coefficient (Wildman–Crippen LogP) is 2.58. The third-order valence-corrected chi connectivity index (χ3v) is 3.99. The maximum absolute atomic E-state index is 12.2. The van der Waals surface area contributed by atoms with Crippen LogP contribution < -0.4 is 5.32 Å². The molecule has 0 spiro atoms. The molecule has 3 rings (SSSR count). The Morgan fingerprint density at radius 2 is 2.35 bits per heavy atom. The number of hydrogen-bond acceptors (Lipinski definition) is 2. The Morgan fingerprint density at radius 1 is 1.50 bits per heavy atom. The maximum Gasteiger partial charge on any atom is 0.243 e. The van der Waals surface area contributed by atoms with Crippen molar-refractivity contribution in [1.29, 1.82) is 0 Å². The first kappa shape index (κ1) is 13.4. The highest BCUT2D eigenvalue weighted by atomic mass is 35.5. The third-order valence-electron chi connectivity index (χ3n) is 3.80. The second kappa shape index (κ2) is 5.44. The lowest BCUT2D eigenvalue weighted by Gasteiger charge is -2.25. The molecular formula is C15H18ClN3O. The van der Waals surface area contributed by atoms with Gasteiger partial charge in [0.1, 0.15) is 11.9 Å². The van der Waals surface area contributed by atoms with Gasteiger partial charge >= 0.3 is 0 Å². The molecule has 0 radical (unpaired) electrons. The van der Waals surface area contributed by atoms with E-state index in [0.29, 0.717) is 12.3 Å². The number of fused-ring (bicyclic) bond motifs is 1. The first-order valence-electron chi connectivity index (χ1n) is 7.02. The van der Waals surface area contributed by atoms with E-state index in [2.05, 4.69) is 33.1 Å². The normalized spacial score (nSPS) is 19.3. The second-order valence-electron chi connectivity index (χ2n) is 5.28. The van der Waals surface area contributed by atoms with Gasteiger partial charge in [-0.3, -0.25) is 4.79 Å². The second-order valence-corrected chi connectivity index (χ2v) is 5.66. The molecular weight excluding hydrogens is 274 g/mol. The van der Waals surface area contributed by atoms with Crippen molar-refractivity contribution < 1.29 is 4.79 Å². The molecule has 1 fully saturated rings. The lowest BCUT2D eigenvalue weighted by molar-refractivity contribution is -0.125. The van der Waals surface area contributed by atoms with Crippen LogP contribution in [0.25, 0.3) is 11.0 Å². The minimum Gasteiger partial charge on any atom is -0.354 e. The molecule has 1 aromatic heterocycles. The average molecular weight is 292 g/mol. The van der Waals surface area contributed by atoms with E-state index in [1.807, 2.05) is 6.92 Å². The highest BCUT2D eigenvalue weighted by molar-refractivity contribution is 6.17. The summed E-state index contributed by atoms with van der Waals surface area (Å²) in [5.41, 5.74) is 3.15. The number of aryl methyl sites for hydroxylation is 2. The summed E-state index contributed by atoms with van der Waals surface area (Å²) >= 11 is 5.89. The summed E-state index contributed by atoms with van der Waals surface area (Å²) < 4.78 is 2.08. The number of nitrogens with one attached hydrogen (secondary N) is 1. The van der Waals surface area contributed by atoms with Gasteiger partial charge in [0.25, 0.3) is 0 Å². The number of aromatic nitrogens is 2. The zero-order valence-electron chi connectivity index (χ0n) is 11.5. The van der Waals surface area contributed by atoms with E-state index in [4.69, 9.17) is 11.6 Å². The molecule has 5 heteroatoms. The van der Waals surface area contributed by atoms with E-state index < -0.39 is 0 Å². The van der Waals surface area contributed by atoms with E-state index in [1.54, 1.807) is 0 Å². The van der Waals surface area contributed by atoms with E-state index in [1.165, 1.54) is 5.56 Å². The van der Waals surface area contributed by atoms with Gasteiger partial charge in [0.15, 0.2) is 0 Å². The van der Waals surface area contributed by atoms with Crippen molar-refractivity contribution in [2.24, 2.45) is 0 Å². The molecule has 1 amide bonds. The number of amides is 1. The van der Waals surface area contributed by atoms with Gasteiger partial charge < -0.3 is 9.88 Å². The summed E-state index contributed by atoms with van der Waals surface area (Å²) in [7, 11) is 0. The fraction of sp³-hybridized carbons (Fsp3) is 0.467. The molecule has 4 nitrogen and oxygen atoms in total. The molecule has 106 valence electrons. The number of imidazole rings is 1. The Bertz CT molecular complexity index is 650. The molecule has 1 aliphatic rings. The van der Waals surface area contributed by atoms with Gasteiger partial charge in [-0.1, -0.05) is 6.07 Å². The summed E-state index contributed by atoms with van der Waals surface area (Å²) in [6.07, 6.45) is 2.54. The highest BCUT2D eigenvalue weighted by Crippen LogP contribution is 2.27. The fourth-order valence-corrected chi connectivity index (χ4v) is 3.04. The van der Waals surface area contributed by atoms with Crippen LogP contribution in [0, 0.1) is 6.92 Å². The number of alkyl halides is 1. The van der Waals surface area contributed by atoms with Gasteiger partial charge in [-0.25, -0.2) is 4.98 Å². The number of benzene rings is 1. The Morgan fingerprint density at radius 3 is 3.10 bits per heavy atom. The van der Waals surface area contributed by atoms with Crippen molar-refractivity contribution in [3.05, 3.63) is 29.6 Å². The summed E-state index contributed by atoms with van der Waals surface area (Å²) in [6, 6.07) is 6.02. The van der Waals surface area contributed by atoms with Gasteiger partial charge in [-0.15, -0.1) is 11.6 Å². The summed E-state index contributed by atoms with van der Waals surface area (Å²) in [5.74, 6) is 1.51. The smallest absolute Gasteiger partial charge is 0.243 e. The molecule has 1 aromatic carbocycles. The van der Waals surface area contributed by atoms with Crippen molar-refractivity contribution in [1.82, 2.24) is 14.9 Å². The standard InChI is InChI=1S/C15H18ClN3O/c1-10-4-5-12-11(9-10)18-14(6-7-16)19(12)13-3-2-8-17-15(13)20/h4-5,9,13H,2-3,6-8H2,1H3,(H,17,20). The summed E-state index contributed by atoms with van der Waals surface area (Å²) in [4.78, 5) is 16.8. The van der Waals surface area contributed by atoms with Crippen LogP contribution in [0.3, 0.4) is 0 Å². The van der Waals surface area contributed by atoms with Crippen LogP contribution in [0.1, 0.15) is 30.3 Å². The third kappa shape index (κ3) is 2.29. The summed E-state index contributed by atoms with van der Waals surface area (Å²) in [5, 5.41) is 2.95.